The van der Waals surface area contributed by atoms with E-state index in [1.807, 2.05) is 11.3 Å². The summed E-state index contributed by atoms with van der Waals surface area (Å²) in [5.41, 5.74) is 29.1. The van der Waals surface area contributed by atoms with E-state index in [1.54, 1.807) is 0 Å². The van der Waals surface area contributed by atoms with Gasteiger partial charge in [0.15, 0.2) is 0 Å². The first-order valence-electron chi connectivity index (χ1n) is 36.5. The van der Waals surface area contributed by atoms with E-state index < -0.39 is 0 Å². The lowest BCUT2D eigenvalue weighted by molar-refractivity contribution is 0.332. The predicted octanol–water partition coefficient (Wildman–Crippen LogP) is 26.0. The Labute approximate surface area is 608 Å². The van der Waals surface area contributed by atoms with Gasteiger partial charge in [-0.25, -0.2) is 0 Å². The van der Waals surface area contributed by atoms with Gasteiger partial charge in [0.1, 0.15) is 33.5 Å². The molecular weight excluding hydrogens is 1290 g/mol. The molecule has 6 heterocycles. The van der Waals surface area contributed by atoms with Crippen LogP contribution >= 0.6 is 11.3 Å². The molecule has 3 aliphatic rings. The minimum absolute atomic E-state index is 0.0695. The summed E-state index contributed by atoms with van der Waals surface area (Å²) in [6.45, 7) is 16.6. The zero-order valence-corrected chi connectivity index (χ0v) is 59.9. The molecule has 14 aromatic carbocycles. The van der Waals surface area contributed by atoms with Gasteiger partial charge in [-0.1, -0.05) is 218 Å². The van der Waals surface area contributed by atoms with Crippen molar-refractivity contribution in [3.8, 4) is 33.4 Å². The number of hydrogen-bond acceptors (Lipinski definition) is 7. The number of anilines is 9. The average Bonchev–Trinajstić information content (AvgIpc) is 0.899. The number of fused-ring (bicyclic) bond motifs is 19. The van der Waals surface area contributed by atoms with Crippen LogP contribution in [0.25, 0.3) is 119 Å². The van der Waals surface area contributed by atoms with Gasteiger partial charge in [0.05, 0.1) is 11.4 Å². The molecule has 104 heavy (non-hydrogen) atoms. The Hall–Kier alpha value is -11.8. The Morgan fingerprint density at radius 2 is 0.942 bits per heavy atom. The molecule has 0 unspecified atom stereocenters. The van der Waals surface area contributed by atoms with E-state index in [0.717, 1.165) is 152 Å². The Bertz CT molecular complexity index is 6590. The van der Waals surface area contributed by atoms with Crippen molar-refractivity contribution in [2.24, 2.45) is 0 Å². The second-order valence-electron chi connectivity index (χ2n) is 31.3. The van der Waals surface area contributed by atoms with E-state index in [9.17, 15) is 0 Å². The van der Waals surface area contributed by atoms with Crippen LogP contribution in [0.1, 0.15) is 78.0 Å². The molecule has 18 aromatic rings. The highest BCUT2D eigenvalue weighted by Gasteiger charge is 2.47. The van der Waals surface area contributed by atoms with Crippen LogP contribution in [0.3, 0.4) is 0 Å². The van der Waals surface area contributed by atoms with Crippen molar-refractivity contribution in [2.75, 3.05) is 14.7 Å². The van der Waals surface area contributed by atoms with Gasteiger partial charge in [0.25, 0.3) is 6.71 Å². The molecule has 0 amide bonds. The summed E-state index contributed by atoms with van der Waals surface area (Å²) in [7, 11) is 0. The number of para-hydroxylation sites is 5. The summed E-state index contributed by atoms with van der Waals surface area (Å²) < 4.78 is 23.2. The smallest absolute Gasteiger partial charge is 0.252 e. The first-order valence-corrected chi connectivity index (χ1v) is 37.3. The van der Waals surface area contributed by atoms with Crippen molar-refractivity contribution in [1.82, 2.24) is 0 Å². The molecule has 0 bridgehead atoms. The fraction of sp³-hybridized carbons (Fsp3) is 0.125. The topological polar surface area (TPSA) is 49.1 Å². The molecule has 4 aromatic heterocycles. The molecule has 498 valence electrons. The predicted molar refractivity (Wildman–Crippen MR) is 440 cm³/mol. The van der Waals surface area contributed by atoms with E-state index >= 15 is 0 Å². The van der Waals surface area contributed by atoms with Crippen LogP contribution in [-0.4, -0.2) is 6.71 Å². The summed E-state index contributed by atoms with van der Waals surface area (Å²) in [5, 5.41) is 9.03. The van der Waals surface area contributed by atoms with Gasteiger partial charge in [0.2, 0.25) is 0 Å². The molecule has 0 spiro atoms. The first-order chi connectivity index (χ1) is 50.7. The number of furan rings is 3. The van der Waals surface area contributed by atoms with Gasteiger partial charge < -0.3 is 28.0 Å². The molecule has 0 radical (unpaired) electrons. The van der Waals surface area contributed by atoms with Crippen molar-refractivity contribution < 1.29 is 13.3 Å². The Kier molecular flexibility index (Phi) is 13.1. The number of nitrogens with zero attached hydrogens (tertiary/aromatic N) is 3. The Morgan fingerprint density at radius 1 is 0.365 bits per heavy atom. The van der Waals surface area contributed by atoms with E-state index in [1.165, 1.54) is 64.3 Å². The van der Waals surface area contributed by atoms with E-state index in [0.29, 0.717) is 0 Å². The molecule has 0 fully saturated rings. The third-order valence-corrected chi connectivity index (χ3v) is 24.3. The maximum atomic E-state index is 7.21. The summed E-state index contributed by atoms with van der Waals surface area (Å²) in [4.78, 5) is 7.79. The Balaban J connectivity index is 0.903. The largest absolute Gasteiger partial charge is 0.456 e. The van der Waals surface area contributed by atoms with Gasteiger partial charge in [-0.2, -0.15) is 0 Å². The zero-order valence-electron chi connectivity index (χ0n) is 59.1. The van der Waals surface area contributed by atoms with Crippen molar-refractivity contribution in [1.29, 1.82) is 0 Å². The lowest BCUT2D eigenvalue weighted by Gasteiger charge is -2.48. The lowest BCUT2D eigenvalue weighted by atomic mass is 9.33. The van der Waals surface area contributed by atoms with E-state index in [4.69, 9.17) is 13.3 Å². The van der Waals surface area contributed by atoms with Crippen LogP contribution in [0.2, 0.25) is 0 Å². The molecule has 2 aliphatic heterocycles. The van der Waals surface area contributed by atoms with Crippen LogP contribution in [0, 0.1) is 0 Å². The number of rotatable bonds is 8. The number of thiophene rings is 1. The molecule has 0 N–H and O–H groups in total. The average molecular weight is 1360 g/mol. The molecule has 0 saturated carbocycles. The molecule has 0 atom stereocenters. The van der Waals surface area contributed by atoms with Crippen LogP contribution in [-0.2, 0) is 16.2 Å². The molecule has 21 rings (SSSR count). The molecule has 1 aliphatic carbocycles. The first kappa shape index (κ1) is 60.9. The lowest BCUT2D eigenvalue weighted by Crippen LogP contribution is -2.61. The van der Waals surface area contributed by atoms with E-state index in [2.05, 4.69) is 348 Å². The highest BCUT2D eigenvalue weighted by molar-refractivity contribution is 7.26. The SMILES string of the molecule is CC(C)(C)c1ccc(N2c3cc(-c4cc5oc6ccccc6c5c5c4oc4ccccc45)ccc3B3c4ccc(N(c5ccccc5)c5ccccc5)cc4N(c4cccc5c4C(C)(C)CCC5(C)C)c4cc(-c5ccc6c(c5)sc5ccc7oc8ccccc8c7c56)cc2c43)c(-c2ccccc2)c1. The minimum Gasteiger partial charge on any atom is -0.456 e. The van der Waals surface area contributed by atoms with E-state index in [-0.39, 0.29) is 23.0 Å². The van der Waals surface area contributed by atoms with Crippen LogP contribution in [0.5, 0.6) is 0 Å². The van der Waals surface area contributed by atoms with Gasteiger partial charge in [-0.15, -0.1) is 11.3 Å². The Morgan fingerprint density at radius 3 is 1.63 bits per heavy atom. The maximum absolute atomic E-state index is 7.21. The number of benzene rings is 14. The maximum Gasteiger partial charge on any atom is 0.252 e. The molecule has 8 heteroatoms. The molecule has 6 nitrogen and oxygen atoms in total. The summed E-state index contributed by atoms with van der Waals surface area (Å²) in [6, 6.07) is 106. The van der Waals surface area contributed by atoms with Crippen LogP contribution < -0.4 is 31.1 Å². The summed E-state index contributed by atoms with van der Waals surface area (Å²) in [5.74, 6) is 0. The van der Waals surface area contributed by atoms with Crippen molar-refractivity contribution >= 4 is 172 Å². The standard InChI is InChI=1S/C96H72BN3O3S/c1-94(2,3)61-40-45-74(69(54-61)57-24-11-8-12-25-57)99-76-50-59(70-56-84-88(66-31-18-21-36-81(66)102-84)90-67-32-19-22-37-82(67)103-93(70)90)39-43-72(76)97-73-44-41-64(98(62-26-13-9-14-27-62)63-28-15-10-16-29-63)55-77(73)100(75-34-23-33-71-91(75)96(6,7)49-48-95(71,4)5)79-52-60(51-78(99)92(79)97)58-38-42-68-86(53-58)104-85-47-46-83-87(89(68)85)65-30-17-20-35-80(65)101-83/h8-47,50-56H,48-49H2,1-7H3. The normalized spacial score (nSPS) is 14.5. The fourth-order valence-corrected chi connectivity index (χ4v) is 19.2. The highest BCUT2D eigenvalue weighted by atomic mass is 32.1. The summed E-state index contributed by atoms with van der Waals surface area (Å²) in [6.07, 6.45) is 2.15. The minimum atomic E-state index is -0.240. The van der Waals surface area contributed by atoms with Crippen molar-refractivity contribution in [3.63, 3.8) is 0 Å². The second-order valence-corrected chi connectivity index (χ2v) is 32.4. The number of hydrogen-bond donors (Lipinski definition) is 0. The van der Waals surface area contributed by atoms with Crippen LogP contribution in [0.4, 0.5) is 51.2 Å². The second kappa shape index (κ2) is 22.3. The van der Waals surface area contributed by atoms with Gasteiger partial charge in [0, 0.05) is 103 Å². The third-order valence-electron chi connectivity index (χ3n) is 23.2. The monoisotopic (exact) mass is 1360 g/mol. The summed E-state index contributed by atoms with van der Waals surface area (Å²) >= 11 is 1.86. The molecule has 0 saturated heterocycles. The van der Waals surface area contributed by atoms with Gasteiger partial charge in [-0.05, 0) is 200 Å². The van der Waals surface area contributed by atoms with Gasteiger partial charge in [-0.3, -0.25) is 0 Å². The van der Waals surface area contributed by atoms with Crippen molar-refractivity contribution in [3.05, 3.63) is 302 Å². The fourth-order valence-electron chi connectivity index (χ4n) is 18.1. The van der Waals surface area contributed by atoms with Crippen LogP contribution in [0.15, 0.2) is 298 Å². The van der Waals surface area contributed by atoms with Gasteiger partial charge >= 0.3 is 0 Å². The highest BCUT2D eigenvalue weighted by Crippen LogP contribution is 2.57. The molecular formula is C96H72BN3O3S. The third kappa shape index (κ3) is 9.07. The quantitative estimate of drug-likeness (QED) is 0.141. The van der Waals surface area contributed by atoms with Crippen molar-refractivity contribution in [2.45, 2.75) is 77.6 Å². The zero-order chi connectivity index (χ0) is 69.6.